The lowest BCUT2D eigenvalue weighted by Gasteiger charge is -2.29. The Balaban J connectivity index is 1.35. The second-order valence-electron chi connectivity index (χ2n) is 9.51. The van der Waals surface area contributed by atoms with E-state index in [1.54, 1.807) is 11.6 Å². The number of aromatic nitrogens is 2. The molecule has 8 heteroatoms. The number of nitrogens with one attached hydrogen (secondary N) is 1. The molecule has 2 aliphatic heterocycles. The Labute approximate surface area is 198 Å². The van der Waals surface area contributed by atoms with Gasteiger partial charge >= 0.3 is 5.69 Å². The van der Waals surface area contributed by atoms with Gasteiger partial charge in [-0.05, 0) is 67.6 Å². The highest BCUT2D eigenvalue weighted by molar-refractivity contribution is 6.00. The van der Waals surface area contributed by atoms with Crippen LogP contribution in [0, 0.1) is 0 Å². The van der Waals surface area contributed by atoms with Crippen LogP contribution in [0.3, 0.4) is 0 Å². The third-order valence-electron chi connectivity index (χ3n) is 7.25. The molecule has 3 N–H and O–H groups in total. The number of amides is 2. The lowest BCUT2D eigenvalue weighted by molar-refractivity contribution is -0.135. The molecule has 34 heavy (non-hydrogen) atoms. The Morgan fingerprint density at radius 3 is 2.35 bits per heavy atom. The van der Waals surface area contributed by atoms with Gasteiger partial charge in [0.1, 0.15) is 6.04 Å². The number of nitrogens with zero attached hydrogens (tertiary/aromatic N) is 3. The highest BCUT2D eigenvalue weighted by Gasteiger charge is 2.31. The average molecular weight is 462 g/mol. The van der Waals surface area contributed by atoms with E-state index in [0.29, 0.717) is 18.0 Å². The molecule has 1 atom stereocenters. The predicted molar refractivity (Wildman–Crippen MR) is 131 cm³/mol. The Kier molecular flexibility index (Phi) is 6.10. The second-order valence-corrected chi connectivity index (χ2v) is 9.51. The van der Waals surface area contributed by atoms with Crippen molar-refractivity contribution in [3.63, 3.8) is 0 Å². The van der Waals surface area contributed by atoms with Crippen molar-refractivity contribution in [1.29, 1.82) is 0 Å². The largest absolute Gasteiger partial charge is 0.329 e. The minimum Gasteiger partial charge on any atom is -0.328 e. The number of likely N-dealkylation sites (tertiary alicyclic amines) is 1. The zero-order chi connectivity index (χ0) is 23.8. The Bertz CT molecular complexity index is 1280. The van der Waals surface area contributed by atoms with Crippen LogP contribution >= 0.6 is 0 Å². The highest BCUT2D eigenvalue weighted by Crippen LogP contribution is 2.28. The lowest BCUT2D eigenvalue weighted by atomic mass is 10.0. The van der Waals surface area contributed by atoms with Gasteiger partial charge in [0.2, 0.25) is 11.8 Å². The van der Waals surface area contributed by atoms with E-state index in [1.165, 1.54) is 10.1 Å². The van der Waals surface area contributed by atoms with Crippen LogP contribution in [-0.2, 0) is 23.1 Å². The molecule has 2 amide bonds. The number of nitrogens with two attached hydrogens (primary N) is 1. The number of hydrogen-bond acceptors (Lipinski definition) is 5. The summed E-state index contributed by atoms with van der Waals surface area (Å²) in [5.41, 5.74) is 10.6. The molecule has 0 radical (unpaired) electrons. The normalized spacial score (nSPS) is 20.1. The van der Waals surface area contributed by atoms with Gasteiger partial charge in [0.25, 0.3) is 0 Å². The Hall–Kier alpha value is -3.23. The first-order valence-corrected chi connectivity index (χ1v) is 12.0. The van der Waals surface area contributed by atoms with Gasteiger partial charge in [-0.3, -0.25) is 24.0 Å². The van der Waals surface area contributed by atoms with Crippen LogP contribution in [0.2, 0.25) is 0 Å². The Morgan fingerprint density at radius 1 is 0.941 bits per heavy atom. The average Bonchev–Trinajstić information content (AvgIpc) is 3.09. The highest BCUT2D eigenvalue weighted by atomic mass is 16.2. The predicted octanol–water partition coefficient (Wildman–Crippen LogP) is 1.95. The molecule has 0 spiro atoms. The number of rotatable bonds is 5. The van der Waals surface area contributed by atoms with Crippen molar-refractivity contribution in [2.75, 3.05) is 19.6 Å². The van der Waals surface area contributed by atoms with Gasteiger partial charge in [0.15, 0.2) is 0 Å². The van der Waals surface area contributed by atoms with Crippen LogP contribution < -0.4 is 16.7 Å². The number of benzene rings is 2. The second kappa shape index (κ2) is 9.19. The van der Waals surface area contributed by atoms with Gasteiger partial charge in [-0.25, -0.2) is 4.79 Å². The van der Waals surface area contributed by atoms with E-state index < -0.39 is 11.9 Å². The molecule has 3 heterocycles. The van der Waals surface area contributed by atoms with Gasteiger partial charge in [-0.15, -0.1) is 0 Å². The molecule has 0 bridgehead atoms. The summed E-state index contributed by atoms with van der Waals surface area (Å²) in [4.78, 5) is 39.4. The fraction of sp³-hybridized carbons (Fsp3) is 0.423. The summed E-state index contributed by atoms with van der Waals surface area (Å²) in [6.07, 6.45) is 3.73. The van der Waals surface area contributed by atoms with Crippen molar-refractivity contribution in [1.82, 2.24) is 19.4 Å². The summed E-state index contributed by atoms with van der Waals surface area (Å²) in [6, 6.07) is 14.1. The number of carbonyl (C=O) groups is 2. The lowest BCUT2D eigenvalue weighted by Crippen LogP contribution is -2.44. The molecule has 8 nitrogen and oxygen atoms in total. The molecule has 5 rings (SSSR count). The first-order chi connectivity index (χ1) is 16.4. The molecule has 0 aliphatic carbocycles. The molecule has 178 valence electrons. The van der Waals surface area contributed by atoms with Gasteiger partial charge in [0, 0.05) is 26.1 Å². The molecule has 2 fully saturated rings. The van der Waals surface area contributed by atoms with E-state index in [9.17, 15) is 14.4 Å². The number of piperidine rings is 2. The van der Waals surface area contributed by atoms with Gasteiger partial charge < -0.3 is 10.6 Å². The number of fused-ring (bicyclic) bond motifs is 1. The van der Waals surface area contributed by atoms with E-state index in [1.807, 2.05) is 18.2 Å². The van der Waals surface area contributed by atoms with Crippen molar-refractivity contribution in [3.05, 3.63) is 58.5 Å². The summed E-state index contributed by atoms with van der Waals surface area (Å²) in [6.45, 7) is 3.21. The van der Waals surface area contributed by atoms with Crippen LogP contribution in [0.25, 0.3) is 22.2 Å². The van der Waals surface area contributed by atoms with Crippen molar-refractivity contribution in [2.45, 2.75) is 44.2 Å². The van der Waals surface area contributed by atoms with E-state index in [0.717, 1.165) is 55.5 Å². The number of hydrogen-bond donors (Lipinski definition) is 2. The zero-order valence-corrected chi connectivity index (χ0v) is 19.5. The minimum atomic E-state index is -0.672. The summed E-state index contributed by atoms with van der Waals surface area (Å²) >= 11 is 0. The van der Waals surface area contributed by atoms with Crippen molar-refractivity contribution in [3.8, 4) is 11.1 Å². The van der Waals surface area contributed by atoms with Gasteiger partial charge in [0.05, 0.1) is 11.0 Å². The number of imidazole rings is 1. The fourth-order valence-corrected chi connectivity index (χ4v) is 5.10. The first-order valence-electron chi connectivity index (χ1n) is 12.0. The van der Waals surface area contributed by atoms with Crippen molar-refractivity contribution >= 4 is 22.8 Å². The van der Waals surface area contributed by atoms with Crippen LogP contribution in [0.1, 0.15) is 37.3 Å². The number of aryl methyl sites for hydroxylation is 1. The maximum Gasteiger partial charge on any atom is 0.329 e. The summed E-state index contributed by atoms with van der Waals surface area (Å²) < 4.78 is 3.08. The smallest absolute Gasteiger partial charge is 0.328 e. The topological polar surface area (TPSA) is 102 Å². The monoisotopic (exact) mass is 461 g/mol. The molecule has 1 unspecified atom stereocenters. The van der Waals surface area contributed by atoms with E-state index >= 15 is 0 Å². The van der Waals surface area contributed by atoms with Crippen molar-refractivity contribution in [2.24, 2.45) is 12.8 Å². The van der Waals surface area contributed by atoms with Crippen LogP contribution in [0.4, 0.5) is 0 Å². The van der Waals surface area contributed by atoms with E-state index in [-0.39, 0.29) is 18.0 Å². The summed E-state index contributed by atoms with van der Waals surface area (Å²) in [5.74, 6) is -0.710. The van der Waals surface area contributed by atoms with Gasteiger partial charge in [-0.2, -0.15) is 0 Å². The third-order valence-corrected chi connectivity index (χ3v) is 7.25. The molecular weight excluding hydrogens is 430 g/mol. The molecule has 3 aromatic rings. The summed E-state index contributed by atoms with van der Waals surface area (Å²) in [5, 5.41) is 2.35. The zero-order valence-electron chi connectivity index (χ0n) is 19.5. The maximum atomic E-state index is 13.0. The summed E-state index contributed by atoms with van der Waals surface area (Å²) in [7, 11) is 1.72. The third kappa shape index (κ3) is 4.31. The van der Waals surface area contributed by atoms with Crippen LogP contribution in [-0.4, -0.2) is 51.5 Å². The molecular formula is C26H31N5O3. The minimum absolute atomic E-state index is 0.231. The van der Waals surface area contributed by atoms with E-state index in [2.05, 4.69) is 34.5 Å². The molecule has 2 aliphatic rings. The molecule has 1 aromatic heterocycles. The maximum absolute atomic E-state index is 13.0. The van der Waals surface area contributed by atoms with Gasteiger partial charge in [-0.1, -0.05) is 30.3 Å². The fourth-order valence-electron chi connectivity index (χ4n) is 5.10. The standard InChI is InChI=1S/C26H31N5O3/c1-29-23-16-19(6-7-21(23)31(26(29)34)22-8-9-24(32)28-25(22)33)18-4-2-17(3-5-18)10-13-30-14-11-20(27)12-15-30/h2-7,16,20,22H,8-15,27H2,1H3,(H,28,32,33). The van der Waals surface area contributed by atoms with Crippen molar-refractivity contribution < 1.29 is 9.59 Å². The molecule has 0 saturated carbocycles. The quantitative estimate of drug-likeness (QED) is 0.566. The number of imide groups is 1. The molecule has 2 saturated heterocycles. The molecule has 2 aromatic carbocycles. The number of carbonyl (C=O) groups excluding carboxylic acids is 2. The Morgan fingerprint density at radius 2 is 1.65 bits per heavy atom. The van der Waals surface area contributed by atoms with Crippen LogP contribution in [0.15, 0.2) is 47.3 Å². The first kappa shape index (κ1) is 22.6. The van der Waals surface area contributed by atoms with Crippen LogP contribution in [0.5, 0.6) is 0 Å². The SMILES string of the molecule is Cn1c(=O)n(C2CCC(=O)NC2=O)c2ccc(-c3ccc(CCN4CCC(N)CC4)cc3)cc21. The van der Waals surface area contributed by atoms with E-state index in [4.69, 9.17) is 5.73 Å².